The molecule has 7 nitrogen and oxygen atoms in total. The summed E-state index contributed by atoms with van der Waals surface area (Å²) in [5, 5.41) is 17.2. The number of rotatable bonds is 9. The molecule has 0 saturated carbocycles. The Hall–Kier alpha value is -3.26. The summed E-state index contributed by atoms with van der Waals surface area (Å²) in [7, 11) is 0. The summed E-state index contributed by atoms with van der Waals surface area (Å²) in [6.45, 7) is 4.38. The van der Waals surface area contributed by atoms with Crippen LogP contribution in [0.15, 0.2) is 63.1 Å². The number of carbonyl (C=O) groups is 1. The molecule has 8 heteroatoms. The third-order valence-corrected chi connectivity index (χ3v) is 4.57. The van der Waals surface area contributed by atoms with Gasteiger partial charge in [-0.05, 0) is 48.0 Å². The van der Waals surface area contributed by atoms with Gasteiger partial charge in [0.05, 0.1) is 6.61 Å². The SMILES string of the molecule is CCOc1cc(/C=C(\Sc2nnc(C)o2)C(=O)O)ccc1OCc1ccccc1. The van der Waals surface area contributed by atoms with Crippen molar-refractivity contribution in [2.45, 2.75) is 25.7 Å². The maximum atomic E-state index is 11.6. The van der Waals surface area contributed by atoms with Crippen LogP contribution in [0.25, 0.3) is 6.08 Å². The number of ether oxygens (including phenoxy) is 2. The molecule has 0 spiro atoms. The van der Waals surface area contributed by atoms with Gasteiger partial charge in [-0.2, -0.15) is 0 Å². The summed E-state index contributed by atoms with van der Waals surface area (Å²) in [5.41, 5.74) is 1.69. The van der Waals surface area contributed by atoms with Gasteiger partial charge < -0.3 is 19.0 Å². The average Bonchev–Trinajstić information content (AvgIpc) is 3.12. The highest BCUT2D eigenvalue weighted by atomic mass is 32.2. The van der Waals surface area contributed by atoms with E-state index in [1.807, 2.05) is 37.3 Å². The first-order valence-corrected chi connectivity index (χ1v) is 9.73. The Morgan fingerprint density at radius 1 is 1.14 bits per heavy atom. The van der Waals surface area contributed by atoms with Crippen molar-refractivity contribution in [3.05, 3.63) is 70.5 Å². The quantitative estimate of drug-likeness (QED) is 0.403. The van der Waals surface area contributed by atoms with E-state index < -0.39 is 5.97 Å². The molecule has 1 aromatic heterocycles. The minimum Gasteiger partial charge on any atom is -0.490 e. The number of hydrogen-bond acceptors (Lipinski definition) is 7. The number of hydrogen-bond donors (Lipinski definition) is 1. The number of nitrogens with zero attached hydrogens (tertiary/aromatic N) is 2. The van der Waals surface area contributed by atoms with E-state index in [2.05, 4.69) is 10.2 Å². The monoisotopic (exact) mass is 412 g/mol. The summed E-state index contributed by atoms with van der Waals surface area (Å²) < 4.78 is 16.8. The van der Waals surface area contributed by atoms with Gasteiger partial charge in [-0.3, -0.25) is 0 Å². The molecule has 0 unspecified atom stereocenters. The van der Waals surface area contributed by atoms with Gasteiger partial charge >= 0.3 is 5.97 Å². The zero-order chi connectivity index (χ0) is 20.6. The van der Waals surface area contributed by atoms with Crippen LogP contribution < -0.4 is 9.47 Å². The van der Waals surface area contributed by atoms with Crippen LogP contribution in [0.4, 0.5) is 0 Å². The summed E-state index contributed by atoms with van der Waals surface area (Å²) in [5.74, 6) is 0.412. The Morgan fingerprint density at radius 2 is 1.93 bits per heavy atom. The third-order valence-electron chi connectivity index (χ3n) is 3.72. The van der Waals surface area contributed by atoms with Crippen LogP contribution >= 0.6 is 11.8 Å². The molecule has 0 bridgehead atoms. The smallest absolute Gasteiger partial charge is 0.342 e. The van der Waals surface area contributed by atoms with Crippen LogP contribution in [-0.2, 0) is 11.4 Å². The molecule has 1 N–H and O–H groups in total. The molecule has 29 heavy (non-hydrogen) atoms. The van der Waals surface area contributed by atoms with Gasteiger partial charge in [-0.25, -0.2) is 4.79 Å². The van der Waals surface area contributed by atoms with E-state index in [0.29, 0.717) is 36.2 Å². The lowest BCUT2D eigenvalue weighted by molar-refractivity contribution is -0.131. The van der Waals surface area contributed by atoms with Gasteiger partial charge in [0.25, 0.3) is 5.22 Å². The van der Waals surface area contributed by atoms with E-state index in [-0.39, 0.29) is 10.1 Å². The molecule has 3 aromatic rings. The van der Waals surface area contributed by atoms with Crippen molar-refractivity contribution in [3.8, 4) is 11.5 Å². The zero-order valence-electron chi connectivity index (χ0n) is 16.0. The van der Waals surface area contributed by atoms with Gasteiger partial charge in [-0.1, -0.05) is 36.4 Å². The van der Waals surface area contributed by atoms with Crippen molar-refractivity contribution in [2.24, 2.45) is 0 Å². The molecular weight excluding hydrogens is 392 g/mol. The molecule has 0 saturated heterocycles. The van der Waals surface area contributed by atoms with Gasteiger partial charge in [0.1, 0.15) is 11.5 Å². The maximum absolute atomic E-state index is 11.6. The normalized spacial score (nSPS) is 11.3. The molecule has 150 valence electrons. The molecular formula is C21H20N2O5S. The number of benzene rings is 2. The molecule has 0 atom stereocenters. The Morgan fingerprint density at radius 3 is 2.59 bits per heavy atom. The molecule has 0 amide bonds. The third kappa shape index (κ3) is 5.86. The molecule has 0 radical (unpaired) electrons. The number of thioether (sulfide) groups is 1. The fourth-order valence-electron chi connectivity index (χ4n) is 2.44. The molecule has 1 heterocycles. The van der Waals surface area contributed by atoms with Gasteiger partial charge in [-0.15, -0.1) is 10.2 Å². The van der Waals surface area contributed by atoms with Crippen LogP contribution in [0.5, 0.6) is 11.5 Å². The van der Waals surface area contributed by atoms with Gasteiger partial charge in [0.15, 0.2) is 11.5 Å². The maximum Gasteiger partial charge on any atom is 0.342 e. The first-order valence-electron chi connectivity index (χ1n) is 8.91. The van der Waals surface area contributed by atoms with Crippen molar-refractivity contribution in [2.75, 3.05) is 6.61 Å². The Balaban J connectivity index is 1.81. The van der Waals surface area contributed by atoms with Gasteiger partial charge in [0.2, 0.25) is 5.89 Å². The highest BCUT2D eigenvalue weighted by Crippen LogP contribution is 2.32. The number of carboxylic acid groups (broad SMARTS) is 1. The van der Waals surface area contributed by atoms with E-state index in [4.69, 9.17) is 13.9 Å². The summed E-state index contributed by atoms with van der Waals surface area (Å²) in [6, 6.07) is 15.1. The predicted molar refractivity (Wildman–Crippen MR) is 109 cm³/mol. The second-order valence-corrected chi connectivity index (χ2v) is 6.91. The van der Waals surface area contributed by atoms with Crippen LogP contribution in [-0.4, -0.2) is 27.9 Å². The number of aliphatic carboxylic acids is 1. The fraction of sp³-hybridized carbons (Fsp3) is 0.190. The minimum atomic E-state index is -1.09. The van der Waals surface area contributed by atoms with Crippen molar-refractivity contribution in [1.29, 1.82) is 0 Å². The first kappa shape index (κ1) is 20.5. The molecule has 0 aliphatic carbocycles. The molecule has 0 fully saturated rings. The predicted octanol–water partition coefficient (Wildman–Crippen LogP) is 4.57. The van der Waals surface area contributed by atoms with Crippen LogP contribution in [0, 0.1) is 6.92 Å². The van der Waals surface area contributed by atoms with Crippen LogP contribution in [0.3, 0.4) is 0 Å². The molecule has 3 rings (SSSR count). The number of carboxylic acids is 1. The topological polar surface area (TPSA) is 94.7 Å². The molecule has 2 aromatic carbocycles. The fourth-order valence-corrected chi connectivity index (χ4v) is 3.15. The van der Waals surface area contributed by atoms with Crippen LogP contribution in [0.1, 0.15) is 23.9 Å². The van der Waals surface area contributed by atoms with E-state index in [1.54, 1.807) is 25.1 Å². The molecule has 0 aliphatic rings. The molecule has 0 aliphatic heterocycles. The lowest BCUT2D eigenvalue weighted by Gasteiger charge is -2.13. The zero-order valence-corrected chi connectivity index (χ0v) is 16.8. The Bertz CT molecular complexity index is 1000. The standard InChI is InChI=1S/C21H20N2O5S/c1-3-26-18-11-16(9-10-17(18)27-13-15-7-5-4-6-8-15)12-19(20(24)25)29-21-23-22-14(2)28-21/h4-12H,3,13H2,1-2H3,(H,24,25)/b19-12-. The second kappa shape index (κ2) is 9.79. The summed E-state index contributed by atoms with van der Waals surface area (Å²) in [6.07, 6.45) is 1.52. The number of aromatic nitrogens is 2. The Kier molecular flexibility index (Phi) is 6.91. The second-order valence-electron chi connectivity index (χ2n) is 5.92. The lowest BCUT2D eigenvalue weighted by atomic mass is 10.2. The van der Waals surface area contributed by atoms with E-state index in [0.717, 1.165) is 17.3 Å². The lowest BCUT2D eigenvalue weighted by Crippen LogP contribution is -2.00. The highest BCUT2D eigenvalue weighted by molar-refractivity contribution is 8.03. The summed E-state index contributed by atoms with van der Waals surface area (Å²) >= 11 is 0.893. The van der Waals surface area contributed by atoms with Crippen molar-refractivity contribution in [1.82, 2.24) is 10.2 Å². The largest absolute Gasteiger partial charge is 0.490 e. The Labute approximate surface area is 172 Å². The van der Waals surface area contributed by atoms with Crippen LogP contribution in [0.2, 0.25) is 0 Å². The minimum absolute atomic E-state index is 0.0500. The average molecular weight is 412 g/mol. The van der Waals surface area contributed by atoms with Crippen molar-refractivity contribution >= 4 is 23.8 Å². The number of aryl methyl sites for hydroxylation is 1. The van der Waals surface area contributed by atoms with E-state index in [1.165, 1.54) is 6.08 Å². The van der Waals surface area contributed by atoms with Crippen molar-refractivity contribution < 1.29 is 23.8 Å². The van der Waals surface area contributed by atoms with E-state index in [9.17, 15) is 9.90 Å². The summed E-state index contributed by atoms with van der Waals surface area (Å²) in [4.78, 5) is 11.7. The van der Waals surface area contributed by atoms with E-state index >= 15 is 0 Å². The van der Waals surface area contributed by atoms with Gasteiger partial charge in [0, 0.05) is 6.92 Å². The first-order chi connectivity index (χ1) is 14.0. The highest BCUT2D eigenvalue weighted by Gasteiger charge is 2.15. The van der Waals surface area contributed by atoms with Crippen molar-refractivity contribution in [3.63, 3.8) is 0 Å².